The van der Waals surface area contributed by atoms with E-state index in [9.17, 15) is 24.5 Å². The number of nitro groups is 1. The minimum absolute atomic E-state index is 0.0275. The Morgan fingerprint density at radius 1 is 1.25 bits per heavy atom. The normalized spacial score (nSPS) is 18.5. The van der Waals surface area contributed by atoms with Crippen molar-refractivity contribution in [1.29, 1.82) is 0 Å². The maximum absolute atomic E-state index is 12.6. The molecule has 32 heavy (non-hydrogen) atoms. The number of carbonyl (C=O) groups is 3. The van der Waals surface area contributed by atoms with Crippen molar-refractivity contribution in [3.63, 3.8) is 0 Å². The number of benzene rings is 1. The molecule has 0 radical (unpaired) electrons. The highest BCUT2D eigenvalue weighted by Gasteiger charge is 2.31. The zero-order valence-electron chi connectivity index (χ0n) is 17.7. The number of nitrogens with one attached hydrogen (secondary N) is 2. The van der Waals surface area contributed by atoms with Crippen molar-refractivity contribution in [1.82, 2.24) is 10.6 Å². The average molecular weight is 448 g/mol. The van der Waals surface area contributed by atoms with E-state index in [0.717, 1.165) is 6.07 Å². The van der Waals surface area contributed by atoms with E-state index < -0.39 is 35.5 Å². The molecule has 12 heteroatoms. The summed E-state index contributed by atoms with van der Waals surface area (Å²) < 4.78 is 15.5. The third kappa shape index (κ3) is 5.14. The van der Waals surface area contributed by atoms with Gasteiger partial charge in [-0.05, 0) is 26.0 Å². The van der Waals surface area contributed by atoms with Crippen molar-refractivity contribution in [3.8, 4) is 0 Å². The van der Waals surface area contributed by atoms with Gasteiger partial charge in [0, 0.05) is 19.2 Å². The van der Waals surface area contributed by atoms with Crippen molar-refractivity contribution >= 4 is 29.3 Å². The molecule has 2 aliphatic rings. The molecule has 0 aromatic heterocycles. The molecule has 1 fully saturated rings. The molecule has 0 spiro atoms. The van der Waals surface area contributed by atoms with Gasteiger partial charge < -0.3 is 29.7 Å². The van der Waals surface area contributed by atoms with Crippen molar-refractivity contribution in [2.45, 2.75) is 19.9 Å². The number of esters is 2. The SMILES string of the molecule is CCOC(=O)C1=C(COC(=O)c2ccc(N3CCOCC3)c([N+](=O)[O-])c2)NC(=O)NC1C. The number of rotatable bonds is 7. The number of morpholine rings is 1. The molecule has 1 atom stereocenters. The molecule has 1 aromatic carbocycles. The molecule has 1 saturated heterocycles. The molecule has 0 bridgehead atoms. The maximum Gasteiger partial charge on any atom is 0.338 e. The smallest absolute Gasteiger partial charge is 0.338 e. The van der Waals surface area contributed by atoms with Crippen LogP contribution in [-0.2, 0) is 19.0 Å². The highest BCUT2D eigenvalue weighted by atomic mass is 16.6. The van der Waals surface area contributed by atoms with E-state index in [0.29, 0.717) is 32.0 Å². The fraction of sp³-hybridized carbons (Fsp3) is 0.450. The highest BCUT2D eigenvalue weighted by molar-refractivity contribution is 5.95. The van der Waals surface area contributed by atoms with Gasteiger partial charge in [0.1, 0.15) is 12.3 Å². The minimum Gasteiger partial charge on any atom is -0.463 e. The Morgan fingerprint density at radius 2 is 1.97 bits per heavy atom. The van der Waals surface area contributed by atoms with E-state index in [2.05, 4.69) is 10.6 Å². The first kappa shape index (κ1) is 23.0. The van der Waals surface area contributed by atoms with Gasteiger partial charge in [-0.25, -0.2) is 14.4 Å². The lowest BCUT2D eigenvalue weighted by Crippen LogP contribution is -2.50. The van der Waals surface area contributed by atoms with Gasteiger partial charge in [0.25, 0.3) is 5.69 Å². The number of anilines is 1. The quantitative estimate of drug-likeness (QED) is 0.355. The molecule has 2 amide bonds. The average Bonchev–Trinajstić information content (AvgIpc) is 2.77. The number of nitro benzene ring substituents is 1. The van der Waals surface area contributed by atoms with Crippen LogP contribution in [0.15, 0.2) is 29.5 Å². The number of nitrogens with zero attached hydrogens (tertiary/aromatic N) is 2. The number of ether oxygens (including phenoxy) is 3. The van der Waals surface area contributed by atoms with E-state index in [-0.39, 0.29) is 29.1 Å². The zero-order chi connectivity index (χ0) is 23.3. The monoisotopic (exact) mass is 448 g/mol. The summed E-state index contributed by atoms with van der Waals surface area (Å²) in [5, 5.41) is 16.6. The molecular formula is C20H24N4O8. The predicted octanol–water partition coefficient (Wildman–Crippen LogP) is 1.11. The molecule has 1 unspecified atom stereocenters. The molecule has 2 heterocycles. The van der Waals surface area contributed by atoms with E-state index >= 15 is 0 Å². The van der Waals surface area contributed by atoms with Crippen LogP contribution in [-0.4, -0.2) is 68.5 Å². The van der Waals surface area contributed by atoms with Gasteiger partial charge in [-0.3, -0.25) is 10.1 Å². The van der Waals surface area contributed by atoms with Crippen LogP contribution in [0.25, 0.3) is 0 Å². The maximum atomic E-state index is 12.6. The number of carbonyl (C=O) groups excluding carboxylic acids is 3. The Morgan fingerprint density at radius 3 is 2.62 bits per heavy atom. The zero-order valence-corrected chi connectivity index (χ0v) is 17.7. The van der Waals surface area contributed by atoms with Gasteiger partial charge in [-0.1, -0.05) is 0 Å². The van der Waals surface area contributed by atoms with E-state index in [1.807, 2.05) is 4.90 Å². The molecular weight excluding hydrogens is 424 g/mol. The van der Waals surface area contributed by atoms with Gasteiger partial charge in [0.15, 0.2) is 0 Å². The summed E-state index contributed by atoms with van der Waals surface area (Å²) in [5.74, 6) is -1.48. The van der Waals surface area contributed by atoms with Crippen LogP contribution < -0.4 is 15.5 Å². The van der Waals surface area contributed by atoms with Gasteiger partial charge in [0.05, 0.1) is 47.6 Å². The van der Waals surface area contributed by atoms with Gasteiger partial charge in [0.2, 0.25) is 0 Å². The lowest BCUT2D eigenvalue weighted by atomic mass is 10.0. The van der Waals surface area contributed by atoms with Crippen molar-refractivity contribution < 1.29 is 33.5 Å². The van der Waals surface area contributed by atoms with Crippen LogP contribution in [0.3, 0.4) is 0 Å². The molecule has 1 aromatic rings. The molecule has 0 aliphatic carbocycles. The number of hydrogen-bond donors (Lipinski definition) is 2. The Balaban J connectivity index is 1.79. The van der Waals surface area contributed by atoms with E-state index in [4.69, 9.17) is 14.2 Å². The standard InChI is InChI=1S/C20H24N4O8/c1-3-31-19(26)17-12(2)21-20(27)22-14(17)11-32-18(25)13-4-5-15(16(10-13)24(28)29)23-6-8-30-9-7-23/h4-5,10,12H,3,6-9,11H2,1-2H3,(H2,21,22,27). The first-order valence-corrected chi connectivity index (χ1v) is 10.1. The van der Waals surface area contributed by atoms with Gasteiger partial charge in [-0.2, -0.15) is 0 Å². The van der Waals surface area contributed by atoms with Gasteiger partial charge in [-0.15, -0.1) is 0 Å². The summed E-state index contributed by atoms with van der Waals surface area (Å²) >= 11 is 0. The van der Waals surface area contributed by atoms with Crippen LogP contribution in [0.4, 0.5) is 16.2 Å². The van der Waals surface area contributed by atoms with Crippen LogP contribution in [0.5, 0.6) is 0 Å². The fourth-order valence-electron chi connectivity index (χ4n) is 3.48. The third-order valence-electron chi connectivity index (χ3n) is 4.97. The Hall–Kier alpha value is -3.67. The summed E-state index contributed by atoms with van der Waals surface area (Å²) in [6.07, 6.45) is 0. The first-order valence-electron chi connectivity index (χ1n) is 10.1. The first-order chi connectivity index (χ1) is 15.3. The van der Waals surface area contributed by atoms with Crippen molar-refractivity contribution in [3.05, 3.63) is 45.1 Å². The Labute approximate surface area is 183 Å². The van der Waals surface area contributed by atoms with E-state index in [1.54, 1.807) is 13.8 Å². The summed E-state index contributed by atoms with van der Waals surface area (Å²) in [6, 6.07) is 2.88. The second kappa shape index (κ2) is 10.1. The lowest BCUT2D eigenvalue weighted by molar-refractivity contribution is -0.384. The van der Waals surface area contributed by atoms with E-state index in [1.165, 1.54) is 12.1 Å². The van der Waals surface area contributed by atoms with Crippen molar-refractivity contribution in [2.75, 3.05) is 44.4 Å². The second-order valence-corrected chi connectivity index (χ2v) is 7.07. The minimum atomic E-state index is -0.835. The van der Waals surface area contributed by atoms with Crippen LogP contribution >= 0.6 is 0 Å². The summed E-state index contributed by atoms with van der Waals surface area (Å²) in [4.78, 5) is 49.5. The lowest BCUT2D eigenvalue weighted by Gasteiger charge is -2.28. The summed E-state index contributed by atoms with van der Waals surface area (Å²) in [6.45, 7) is 4.88. The Bertz CT molecular complexity index is 955. The highest BCUT2D eigenvalue weighted by Crippen LogP contribution is 2.30. The van der Waals surface area contributed by atoms with Crippen LogP contribution in [0.2, 0.25) is 0 Å². The fourth-order valence-corrected chi connectivity index (χ4v) is 3.48. The van der Waals surface area contributed by atoms with Crippen molar-refractivity contribution in [2.24, 2.45) is 0 Å². The van der Waals surface area contributed by atoms with Gasteiger partial charge >= 0.3 is 18.0 Å². The number of hydrogen-bond acceptors (Lipinski definition) is 9. The summed E-state index contributed by atoms with van der Waals surface area (Å²) in [5.41, 5.74) is 0.360. The number of amides is 2. The molecule has 3 rings (SSSR count). The molecule has 12 nitrogen and oxygen atoms in total. The third-order valence-corrected chi connectivity index (χ3v) is 4.97. The van der Waals surface area contributed by atoms with Crippen LogP contribution in [0, 0.1) is 10.1 Å². The topological polar surface area (TPSA) is 149 Å². The van der Waals surface area contributed by atoms with Crippen LogP contribution in [0.1, 0.15) is 24.2 Å². The molecule has 172 valence electrons. The Kier molecular flexibility index (Phi) is 7.25. The second-order valence-electron chi connectivity index (χ2n) is 7.07. The largest absolute Gasteiger partial charge is 0.463 e. The molecule has 2 aliphatic heterocycles. The molecule has 2 N–H and O–H groups in total. The summed E-state index contributed by atoms with van der Waals surface area (Å²) in [7, 11) is 0. The number of urea groups is 1. The molecule has 0 saturated carbocycles. The predicted molar refractivity (Wildman–Crippen MR) is 111 cm³/mol.